The van der Waals surface area contributed by atoms with E-state index in [0.717, 1.165) is 68.4 Å². The quantitative estimate of drug-likeness (QED) is 0.359. The number of carbonyl (C=O) groups excluding carboxylic acids is 2. The van der Waals surface area contributed by atoms with Crippen LogP contribution in [0.1, 0.15) is 70.4 Å². The summed E-state index contributed by atoms with van der Waals surface area (Å²) in [6.07, 6.45) is 8.22. The van der Waals surface area contributed by atoms with E-state index in [2.05, 4.69) is 30.3 Å². The molecule has 0 radical (unpaired) electrons. The number of ether oxygens (including phenoxy) is 2. The summed E-state index contributed by atoms with van der Waals surface area (Å²) in [5.74, 6) is 0.966. The van der Waals surface area contributed by atoms with Crippen molar-refractivity contribution in [2.75, 3.05) is 25.7 Å². The first-order valence-corrected chi connectivity index (χ1v) is 13.3. The number of fused-ring (bicyclic) bond motifs is 1. The lowest BCUT2D eigenvalue weighted by molar-refractivity contribution is 0.0600. The normalized spacial score (nSPS) is 17.1. The van der Waals surface area contributed by atoms with E-state index < -0.39 is 0 Å². The van der Waals surface area contributed by atoms with Crippen molar-refractivity contribution < 1.29 is 19.1 Å². The molecular weight excluding hydrogens is 462 g/mol. The summed E-state index contributed by atoms with van der Waals surface area (Å²) in [4.78, 5) is 28.0. The van der Waals surface area contributed by atoms with Crippen LogP contribution in [-0.4, -0.2) is 32.6 Å². The Morgan fingerprint density at radius 3 is 2.32 bits per heavy atom. The Morgan fingerprint density at radius 1 is 0.892 bits per heavy atom. The van der Waals surface area contributed by atoms with Crippen molar-refractivity contribution in [3.05, 3.63) is 95.1 Å². The lowest BCUT2D eigenvalue weighted by Gasteiger charge is -2.25. The number of nitrogens with zero attached hydrogens (tertiary/aromatic N) is 1. The van der Waals surface area contributed by atoms with Gasteiger partial charge in [-0.2, -0.15) is 0 Å². The molecule has 5 heteroatoms. The summed E-state index contributed by atoms with van der Waals surface area (Å²) in [6.45, 7) is 0.640. The standard InChI is InChI=1S/C32H37NO4/c1-36-29-18-16-28(17-19-29)33-21-9-8-13-25(22-24-10-4-3-5-11-24)12-6-7-14-26-23-27(32(35)37-2)15-20-30(26)31(33)34/h3-5,10-11,15-20,23,25H,6-9,12-14,21-22H2,1-2H3. The summed E-state index contributed by atoms with van der Waals surface area (Å²) in [5, 5.41) is 0. The highest BCUT2D eigenvalue weighted by molar-refractivity contribution is 6.07. The van der Waals surface area contributed by atoms with Crippen LogP contribution in [-0.2, 0) is 17.6 Å². The van der Waals surface area contributed by atoms with Gasteiger partial charge in [-0.15, -0.1) is 0 Å². The average molecular weight is 500 g/mol. The van der Waals surface area contributed by atoms with Gasteiger partial charge in [0.1, 0.15) is 5.75 Å². The molecule has 0 bridgehead atoms. The van der Waals surface area contributed by atoms with Crippen molar-refractivity contribution in [2.24, 2.45) is 5.92 Å². The number of rotatable bonds is 5. The third-order valence-corrected chi connectivity index (χ3v) is 7.31. The zero-order valence-corrected chi connectivity index (χ0v) is 21.9. The predicted molar refractivity (Wildman–Crippen MR) is 147 cm³/mol. The van der Waals surface area contributed by atoms with Gasteiger partial charge in [-0.3, -0.25) is 4.79 Å². The minimum Gasteiger partial charge on any atom is -0.497 e. The molecule has 1 unspecified atom stereocenters. The zero-order chi connectivity index (χ0) is 26.0. The van der Waals surface area contributed by atoms with Crippen LogP contribution in [0.15, 0.2) is 72.8 Å². The fourth-order valence-electron chi connectivity index (χ4n) is 5.26. The van der Waals surface area contributed by atoms with Crippen LogP contribution < -0.4 is 9.64 Å². The van der Waals surface area contributed by atoms with Crippen molar-refractivity contribution in [1.82, 2.24) is 0 Å². The van der Waals surface area contributed by atoms with E-state index in [1.165, 1.54) is 12.7 Å². The number of benzene rings is 3. The van der Waals surface area contributed by atoms with Crippen LogP contribution in [0, 0.1) is 5.92 Å². The Kier molecular flexibility index (Phi) is 9.36. The van der Waals surface area contributed by atoms with Crippen molar-refractivity contribution in [3.63, 3.8) is 0 Å². The Hall–Kier alpha value is -3.60. The molecular formula is C32H37NO4. The molecule has 1 heterocycles. The molecule has 0 spiro atoms. The summed E-state index contributed by atoms with van der Waals surface area (Å²) >= 11 is 0. The van der Waals surface area contributed by atoms with Crippen LogP contribution >= 0.6 is 0 Å². The van der Waals surface area contributed by atoms with E-state index in [0.29, 0.717) is 23.6 Å². The van der Waals surface area contributed by atoms with E-state index in [4.69, 9.17) is 9.47 Å². The van der Waals surface area contributed by atoms with E-state index in [1.54, 1.807) is 19.2 Å². The third-order valence-electron chi connectivity index (χ3n) is 7.31. The van der Waals surface area contributed by atoms with Gasteiger partial charge in [0.05, 0.1) is 19.8 Å². The van der Waals surface area contributed by atoms with E-state index in [9.17, 15) is 9.59 Å². The fraction of sp³-hybridized carbons (Fsp3) is 0.375. The minimum absolute atomic E-state index is 0.0309. The van der Waals surface area contributed by atoms with Gasteiger partial charge >= 0.3 is 5.97 Å². The number of methoxy groups -OCH3 is 2. The average Bonchev–Trinajstić information content (AvgIpc) is 2.95. The molecule has 4 rings (SSSR count). The first-order chi connectivity index (χ1) is 18.1. The lowest BCUT2D eigenvalue weighted by Crippen LogP contribution is -2.32. The number of hydrogen-bond donors (Lipinski definition) is 0. The maximum Gasteiger partial charge on any atom is 0.337 e. The predicted octanol–water partition coefficient (Wildman–Crippen LogP) is 6.88. The molecule has 0 saturated heterocycles. The topological polar surface area (TPSA) is 55.8 Å². The number of anilines is 1. The van der Waals surface area contributed by atoms with Gasteiger partial charge in [0.25, 0.3) is 5.91 Å². The van der Waals surface area contributed by atoms with E-state index in [-0.39, 0.29) is 11.9 Å². The molecule has 1 aliphatic rings. The monoisotopic (exact) mass is 499 g/mol. The molecule has 1 aliphatic heterocycles. The molecule has 194 valence electrons. The van der Waals surface area contributed by atoms with Gasteiger partial charge in [0, 0.05) is 17.8 Å². The highest BCUT2D eigenvalue weighted by Gasteiger charge is 2.23. The van der Waals surface area contributed by atoms with Crippen LogP contribution in [0.25, 0.3) is 0 Å². The molecule has 0 saturated carbocycles. The molecule has 0 fully saturated rings. The molecule has 5 nitrogen and oxygen atoms in total. The van der Waals surface area contributed by atoms with Gasteiger partial charge in [-0.1, -0.05) is 56.0 Å². The van der Waals surface area contributed by atoms with E-state index in [1.807, 2.05) is 35.2 Å². The number of amides is 1. The van der Waals surface area contributed by atoms with Crippen molar-refractivity contribution >= 4 is 17.6 Å². The van der Waals surface area contributed by atoms with Crippen molar-refractivity contribution in [1.29, 1.82) is 0 Å². The minimum atomic E-state index is -0.381. The number of aryl methyl sites for hydroxylation is 1. The number of esters is 1. The second-order valence-electron chi connectivity index (χ2n) is 9.82. The summed E-state index contributed by atoms with van der Waals surface area (Å²) in [7, 11) is 3.02. The Bertz CT molecular complexity index is 1170. The molecule has 1 atom stereocenters. The first kappa shape index (κ1) is 26.5. The summed E-state index contributed by atoms with van der Waals surface area (Å²) in [6, 6.07) is 23.7. The maximum atomic E-state index is 13.9. The van der Waals surface area contributed by atoms with Crippen LogP contribution in [0.2, 0.25) is 0 Å². The summed E-state index contributed by atoms with van der Waals surface area (Å²) < 4.78 is 10.3. The van der Waals surface area contributed by atoms with E-state index >= 15 is 0 Å². The smallest absolute Gasteiger partial charge is 0.337 e. The van der Waals surface area contributed by atoms with Crippen molar-refractivity contribution in [3.8, 4) is 5.75 Å². The molecule has 0 aromatic heterocycles. The fourth-order valence-corrected chi connectivity index (χ4v) is 5.26. The molecule has 0 N–H and O–H groups in total. The van der Waals surface area contributed by atoms with Gasteiger partial charge in [-0.05, 0) is 85.2 Å². The van der Waals surface area contributed by atoms with Crippen molar-refractivity contribution in [2.45, 2.75) is 51.4 Å². The number of carbonyl (C=O) groups is 2. The zero-order valence-electron chi connectivity index (χ0n) is 21.9. The SMILES string of the molecule is COC(=O)c1ccc2c(c1)CCCCC(Cc1ccccc1)CCCCN(c1ccc(OC)cc1)C2=O. The molecule has 1 amide bonds. The molecule has 3 aromatic carbocycles. The Morgan fingerprint density at radius 2 is 1.62 bits per heavy atom. The van der Waals surface area contributed by atoms with Gasteiger partial charge in [0.15, 0.2) is 0 Å². The second kappa shape index (κ2) is 13.1. The summed E-state index contributed by atoms with van der Waals surface area (Å²) in [5.41, 5.74) is 4.29. The highest BCUT2D eigenvalue weighted by atomic mass is 16.5. The van der Waals surface area contributed by atoms with Crippen LogP contribution in [0.5, 0.6) is 5.75 Å². The molecule has 3 aromatic rings. The second-order valence-corrected chi connectivity index (χ2v) is 9.82. The maximum absolute atomic E-state index is 13.9. The molecule has 37 heavy (non-hydrogen) atoms. The number of hydrogen-bond acceptors (Lipinski definition) is 4. The van der Waals surface area contributed by atoms with Gasteiger partial charge in [-0.25, -0.2) is 4.79 Å². The molecule has 0 aliphatic carbocycles. The van der Waals surface area contributed by atoms with Gasteiger partial charge in [0.2, 0.25) is 0 Å². The van der Waals surface area contributed by atoms with Crippen LogP contribution in [0.4, 0.5) is 5.69 Å². The van der Waals surface area contributed by atoms with Gasteiger partial charge < -0.3 is 14.4 Å². The first-order valence-electron chi connectivity index (χ1n) is 13.3. The largest absolute Gasteiger partial charge is 0.497 e. The Balaban J connectivity index is 1.63. The highest BCUT2D eigenvalue weighted by Crippen LogP contribution is 2.27. The third kappa shape index (κ3) is 7.00. The Labute approximate surface area is 220 Å². The van der Waals surface area contributed by atoms with Crippen LogP contribution in [0.3, 0.4) is 0 Å². The lowest BCUT2D eigenvalue weighted by atomic mass is 9.89.